The molecule has 11 atom stereocenters. The molecule has 46 heavy (non-hydrogen) atoms. The van der Waals surface area contributed by atoms with Gasteiger partial charge in [-0.15, -0.1) is 0 Å². The summed E-state index contributed by atoms with van der Waals surface area (Å²) in [5.41, 5.74) is 11.5. The maximum absolute atomic E-state index is 13.2. The van der Waals surface area contributed by atoms with Gasteiger partial charge in [0.05, 0.1) is 18.9 Å². The molecule has 0 aromatic carbocycles. The summed E-state index contributed by atoms with van der Waals surface area (Å²) < 4.78 is 19.4. The summed E-state index contributed by atoms with van der Waals surface area (Å²) in [6, 6.07) is 0. The predicted molar refractivity (Wildman–Crippen MR) is 184 cm³/mol. The molecule has 0 aromatic heterocycles. The van der Waals surface area contributed by atoms with E-state index in [2.05, 4.69) is 39.9 Å². The van der Waals surface area contributed by atoms with Crippen molar-refractivity contribution in [1.29, 1.82) is 0 Å². The highest BCUT2D eigenvalue weighted by atomic mass is 16.5. The lowest BCUT2D eigenvalue weighted by Gasteiger charge is -2.64. The molecule has 4 aliphatic rings. The van der Waals surface area contributed by atoms with Crippen LogP contribution in [0.5, 0.6) is 0 Å². The van der Waals surface area contributed by atoms with Gasteiger partial charge in [-0.05, 0) is 125 Å². The fourth-order valence-corrected chi connectivity index (χ4v) is 10.8. The summed E-state index contributed by atoms with van der Waals surface area (Å²) in [4.78, 5) is 25.6. The van der Waals surface area contributed by atoms with Crippen LogP contribution >= 0.6 is 0 Å². The molecule has 0 aromatic rings. The zero-order chi connectivity index (χ0) is 33.3. The van der Waals surface area contributed by atoms with Gasteiger partial charge in [0.1, 0.15) is 12.2 Å². The Morgan fingerprint density at radius 2 is 1.57 bits per heavy atom. The molecule has 0 saturated heterocycles. The molecule has 5 N–H and O–H groups in total. The van der Waals surface area contributed by atoms with Gasteiger partial charge in [-0.1, -0.05) is 47.5 Å². The molecule has 4 saturated carbocycles. The summed E-state index contributed by atoms with van der Waals surface area (Å²) in [5.74, 6) is 2.50. The van der Waals surface area contributed by atoms with Crippen LogP contribution in [0.1, 0.15) is 131 Å². The molecule has 8 nitrogen and oxygen atoms in total. The van der Waals surface area contributed by atoms with Crippen molar-refractivity contribution in [1.82, 2.24) is 5.32 Å². The van der Waals surface area contributed by atoms with Gasteiger partial charge in [-0.25, -0.2) is 0 Å². The number of rotatable bonds is 18. The number of hydrogen-bond acceptors (Lipinski definition) is 8. The maximum Gasteiger partial charge on any atom is 0.307 e. The first-order chi connectivity index (χ1) is 22.1. The zero-order valence-electron chi connectivity index (χ0n) is 30.0. The number of nitrogens with two attached hydrogens (primary N) is 2. The van der Waals surface area contributed by atoms with Gasteiger partial charge in [0.2, 0.25) is 0 Å². The summed E-state index contributed by atoms with van der Waals surface area (Å²) in [7, 11) is 0. The van der Waals surface area contributed by atoms with Crippen molar-refractivity contribution in [2.75, 3.05) is 32.8 Å². The number of ether oxygens (including phenoxy) is 3. The number of esters is 2. The van der Waals surface area contributed by atoms with Gasteiger partial charge in [-0.2, -0.15) is 0 Å². The molecule has 0 aliphatic heterocycles. The molecule has 4 aliphatic carbocycles. The van der Waals surface area contributed by atoms with E-state index in [1.807, 2.05) is 0 Å². The fourth-order valence-electron chi connectivity index (χ4n) is 10.8. The minimum atomic E-state index is -0.177. The van der Waals surface area contributed by atoms with Crippen molar-refractivity contribution >= 4 is 11.9 Å². The second-order valence-electron chi connectivity index (χ2n) is 15.9. The van der Waals surface area contributed by atoms with Crippen LogP contribution in [0.3, 0.4) is 0 Å². The van der Waals surface area contributed by atoms with E-state index in [0.717, 1.165) is 64.6 Å². The number of nitrogens with one attached hydrogen (secondary N) is 1. The van der Waals surface area contributed by atoms with Crippen molar-refractivity contribution in [3.05, 3.63) is 0 Å². The van der Waals surface area contributed by atoms with E-state index in [1.54, 1.807) is 0 Å². The smallest absolute Gasteiger partial charge is 0.307 e. The molecule has 0 heterocycles. The summed E-state index contributed by atoms with van der Waals surface area (Å²) >= 11 is 0. The third kappa shape index (κ3) is 8.31. The molecular weight excluding hydrogens is 578 g/mol. The highest BCUT2D eigenvalue weighted by Crippen LogP contribution is 2.69. The predicted octanol–water partition coefficient (Wildman–Crippen LogP) is 6.38. The molecule has 0 radical (unpaired) electrons. The first kappa shape index (κ1) is 37.6. The van der Waals surface area contributed by atoms with E-state index < -0.39 is 0 Å². The molecule has 4 rings (SSSR count). The Bertz CT molecular complexity index is 965. The van der Waals surface area contributed by atoms with E-state index in [-0.39, 0.29) is 53.9 Å². The SMILES string of the molecule is CCCCNCCC[C@@H](C)[C@H]1CC[C@H]2[C@@H]3[C@H](OCCCC)C[C@@H]4C[C@H](OC(=O)CCN)CC[C@]4(C)[C@H]3C[C@H](OC(=O)CCN)[C@]12C. The average Bonchev–Trinajstić information content (AvgIpc) is 3.38. The van der Waals surface area contributed by atoms with Gasteiger partial charge >= 0.3 is 11.9 Å². The molecule has 4 fully saturated rings. The van der Waals surface area contributed by atoms with Crippen molar-refractivity contribution in [2.24, 2.45) is 57.8 Å². The number of fused-ring (bicyclic) bond motifs is 5. The van der Waals surface area contributed by atoms with Crippen LogP contribution < -0.4 is 16.8 Å². The monoisotopic (exact) mass is 648 g/mol. The zero-order valence-corrected chi connectivity index (χ0v) is 30.0. The van der Waals surface area contributed by atoms with Crippen molar-refractivity contribution in [3.8, 4) is 0 Å². The Balaban J connectivity index is 1.61. The summed E-state index contributed by atoms with van der Waals surface area (Å²) in [5, 5.41) is 3.63. The quantitative estimate of drug-likeness (QED) is 0.116. The summed E-state index contributed by atoms with van der Waals surface area (Å²) in [6.45, 7) is 15.5. The molecule has 0 spiro atoms. The standard InChI is InChI=1S/C38H69N3O5/c1-6-8-20-41-21-10-11-26(3)29-12-13-30-36-31(25-33(38(29,30)5)46-35(43)16-19-40)37(4)17-14-28(45-34(42)15-18-39)23-27(37)24-32(36)44-22-9-7-2/h26-33,36,41H,6-25,39-40H2,1-5H3/t26-,27+,28-,29-,30+,31+,32-,33+,36+,37+,38-/m1/s1. The molecule has 0 amide bonds. The van der Waals surface area contributed by atoms with E-state index in [1.165, 1.54) is 38.5 Å². The van der Waals surface area contributed by atoms with Gasteiger partial charge in [0.15, 0.2) is 0 Å². The van der Waals surface area contributed by atoms with Crippen molar-refractivity contribution in [3.63, 3.8) is 0 Å². The topological polar surface area (TPSA) is 126 Å². The Kier molecular flexibility index (Phi) is 14.3. The van der Waals surface area contributed by atoms with Crippen LogP contribution in [-0.2, 0) is 23.8 Å². The van der Waals surface area contributed by atoms with Crippen LogP contribution in [0.4, 0.5) is 0 Å². The third-order valence-corrected chi connectivity index (χ3v) is 13.3. The lowest BCUT2D eigenvalue weighted by atomic mass is 9.43. The van der Waals surface area contributed by atoms with Gasteiger partial charge < -0.3 is 31.0 Å². The van der Waals surface area contributed by atoms with E-state index in [9.17, 15) is 9.59 Å². The van der Waals surface area contributed by atoms with Crippen molar-refractivity contribution in [2.45, 2.75) is 149 Å². The Hall–Kier alpha value is -1.22. The Morgan fingerprint density at radius 1 is 0.870 bits per heavy atom. The third-order valence-electron chi connectivity index (χ3n) is 13.3. The normalized spacial score (nSPS) is 37.5. The second kappa shape index (κ2) is 17.4. The lowest BCUT2D eigenvalue weighted by Crippen LogP contribution is -2.63. The average molecular weight is 648 g/mol. The molecule has 0 bridgehead atoms. The number of hydrogen-bond donors (Lipinski definition) is 3. The molecular formula is C38H69N3O5. The molecule has 0 unspecified atom stereocenters. The largest absolute Gasteiger partial charge is 0.462 e. The number of unbranched alkanes of at least 4 members (excludes halogenated alkanes) is 2. The first-order valence-electron chi connectivity index (χ1n) is 19.2. The van der Waals surface area contributed by atoms with Crippen LogP contribution in [0.2, 0.25) is 0 Å². The van der Waals surface area contributed by atoms with Gasteiger partial charge in [0.25, 0.3) is 0 Å². The van der Waals surface area contributed by atoms with E-state index in [0.29, 0.717) is 48.6 Å². The first-order valence-corrected chi connectivity index (χ1v) is 19.2. The van der Waals surface area contributed by atoms with Crippen molar-refractivity contribution < 1.29 is 23.8 Å². The minimum absolute atomic E-state index is 0.0508. The highest BCUT2D eigenvalue weighted by molar-refractivity contribution is 5.70. The molecule has 266 valence electrons. The molecule has 8 heteroatoms. The Morgan fingerprint density at radius 3 is 2.26 bits per heavy atom. The second-order valence-corrected chi connectivity index (χ2v) is 15.9. The highest BCUT2D eigenvalue weighted by Gasteiger charge is 2.67. The lowest BCUT2D eigenvalue weighted by molar-refractivity contribution is -0.226. The van der Waals surface area contributed by atoms with E-state index in [4.69, 9.17) is 25.7 Å². The fraction of sp³-hybridized carbons (Fsp3) is 0.947. The van der Waals surface area contributed by atoms with Gasteiger partial charge in [-0.3, -0.25) is 9.59 Å². The minimum Gasteiger partial charge on any atom is -0.462 e. The van der Waals surface area contributed by atoms with Crippen LogP contribution in [0.25, 0.3) is 0 Å². The number of carbonyl (C=O) groups is 2. The van der Waals surface area contributed by atoms with Crippen LogP contribution in [-0.4, -0.2) is 63.0 Å². The van der Waals surface area contributed by atoms with Gasteiger partial charge in [0, 0.05) is 25.1 Å². The van der Waals surface area contributed by atoms with E-state index >= 15 is 0 Å². The number of carbonyl (C=O) groups excluding carboxylic acids is 2. The Labute approximate surface area is 280 Å². The maximum atomic E-state index is 13.2. The van der Waals surface area contributed by atoms with Crippen LogP contribution in [0.15, 0.2) is 0 Å². The summed E-state index contributed by atoms with van der Waals surface area (Å²) in [6.07, 6.45) is 14.7. The van der Waals surface area contributed by atoms with Crippen LogP contribution in [0, 0.1) is 46.3 Å².